The summed E-state index contributed by atoms with van der Waals surface area (Å²) in [5.74, 6) is -1.80. The number of rotatable bonds is 4. The molecule has 9 heteroatoms. The van der Waals surface area contributed by atoms with Crippen molar-refractivity contribution in [2.45, 2.75) is 19.4 Å². The molecule has 0 spiro atoms. The summed E-state index contributed by atoms with van der Waals surface area (Å²) >= 11 is 1.21. The molecule has 2 heterocycles. The average Bonchev–Trinajstić information content (AvgIpc) is 3.04. The minimum absolute atomic E-state index is 0. The second kappa shape index (κ2) is 7.01. The van der Waals surface area contributed by atoms with E-state index in [1.807, 2.05) is 0 Å². The lowest BCUT2D eigenvalue weighted by atomic mass is 10.3. The first-order valence-corrected chi connectivity index (χ1v) is 7.40. The van der Waals surface area contributed by atoms with Crippen molar-refractivity contribution >= 4 is 46.4 Å². The van der Waals surface area contributed by atoms with Crippen molar-refractivity contribution in [2.24, 2.45) is 0 Å². The van der Waals surface area contributed by atoms with E-state index in [1.165, 1.54) is 17.4 Å². The van der Waals surface area contributed by atoms with Gasteiger partial charge in [-0.15, -0.1) is 23.7 Å². The molecule has 23 heavy (non-hydrogen) atoms. The van der Waals surface area contributed by atoms with E-state index >= 15 is 0 Å². The van der Waals surface area contributed by atoms with Crippen molar-refractivity contribution in [3.63, 3.8) is 0 Å². The van der Waals surface area contributed by atoms with Crippen LogP contribution in [0.1, 0.15) is 18.5 Å². The predicted molar refractivity (Wildman–Crippen MR) is 83.8 cm³/mol. The molecule has 2 aromatic rings. The monoisotopic (exact) mass is 359 g/mol. The Morgan fingerprint density at radius 1 is 1.22 bits per heavy atom. The Bertz CT molecular complexity index is 737. The SMILES string of the molecule is Cl.O=C1CCC(=O)N1Cc1csc(Nc2ccc(F)cc2F)n1. The Morgan fingerprint density at radius 3 is 2.57 bits per heavy atom. The van der Waals surface area contributed by atoms with Gasteiger partial charge in [0.25, 0.3) is 0 Å². The zero-order chi connectivity index (χ0) is 15.7. The Labute approximate surface area is 140 Å². The molecule has 1 N–H and O–H groups in total. The maximum absolute atomic E-state index is 13.5. The van der Waals surface area contributed by atoms with Crippen LogP contribution in [0.15, 0.2) is 23.6 Å². The molecule has 1 fully saturated rings. The summed E-state index contributed by atoms with van der Waals surface area (Å²) in [6.45, 7) is 0.113. The molecular formula is C14H12ClF2N3O2S. The molecule has 0 bridgehead atoms. The number of anilines is 2. The fourth-order valence-electron chi connectivity index (χ4n) is 2.10. The topological polar surface area (TPSA) is 62.3 Å². The number of nitrogens with one attached hydrogen (secondary N) is 1. The molecule has 0 radical (unpaired) electrons. The van der Waals surface area contributed by atoms with Gasteiger partial charge in [0.1, 0.15) is 11.6 Å². The molecule has 1 aromatic heterocycles. The number of aromatic nitrogens is 1. The van der Waals surface area contributed by atoms with E-state index in [9.17, 15) is 18.4 Å². The Morgan fingerprint density at radius 2 is 1.91 bits per heavy atom. The van der Waals surface area contributed by atoms with Gasteiger partial charge in [-0.25, -0.2) is 13.8 Å². The van der Waals surface area contributed by atoms with Crippen LogP contribution < -0.4 is 5.32 Å². The number of imide groups is 1. The molecule has 3 rings (SSSR count). The third-order valence-electron chi connectivity index (χ3n) is 3.20. The minimum Gasteiger partial charge on any atom is -0.329 e. The molecule has 1 aromatic carbocycles. The molecule has 0 aliphatic carbocycles. The molecule has 1 aliphatic heterocycles. The number of likely N-dealkylation sites (tertiary alicyclic amines) is 1. The van der Waals surface area contributed by atoms with Gasteiger partial charge in [0.05, 0.1) is 17.9 Å². The first kappa shape index (κ1) is 17.3. The number of hydrogen-bond donors (Lipinski definition) is 1. The summed E-state index contributed by atoms with van der Waals surface area (Å²) in [5.41, 5.74) is 0.647. The smallest absolute Gasteiger partial charge is 0.230 e. The summed E-state index contributed by atoms with van der Waals surface area (Å²) in [5, 5.41) is 4.83. The van der Waals surface area contributed by atoms with E-state index in [1.54, 1.807) is 5.38 Å². The highest BCUT2D eigenvalue weighted by atomic mass is 35.5. The van der Waals surface area contributed by atoms with Crippen LogP contribution in [-0.2, 0) is 16.1 Å². The van der Waals surface area contributed by atoms with E-state index in [0.717, 1.165) is 17.0 Å². The minimum atomic E-state index is -0.721. The van der Waals surface area contributed by atoms with Gasteiger partial charge < -0.3 is 5.32 Å². The van der Waals surface area contributed by atoms with Crippen LogP contribution in [0.4, 0.5) is 19.6 Å². The normalized spacial score (nSPS) is 14.1. The van der Waals surface area contributed by atoms with Gasteiger partial charge in [0, 0.05) is 24.3 Å². The second-order valence-electron chi connectivity index (χ2n) is 4.77. The van der Waals surface area contributed by atoms with Gasteiger partial charge in [0.2, 0.25) is 11.8 Å². The van der Waals surface area contributed by atoms with Crippen LogP contribution >= 0.6 is 23.7 Å². The molecule has 0 atom stereocenters. The second-order valence-corrected chi connectivity index (χ2v) is 5.62. The third-order valence-corrected chi connectivity index (χ3v) is 4.01. The fraction of sp³-hybridized carbons (Fsp3) is 0.214. The number of halogens is 3. The average molecular weight is 360 g/mol. The van der Waals surface area contributed by atoms with Crippen LogP contribution in [0.5, 0.6) is 0 Å². The van der Waals surface area contributed by atoms with Crippen molar-refractivity contribution in [1.29, 1.82) is 0 Å². The fourth-order valence-corrected chi connectivity index (χ4v) is 2.82. The van der Waals surface area contributed by atoms with Crippen molar-refractivity contribution in [2.75, 3.05) is 5.32 Å². The van der Waals surface area contributed by atoms with Crippen LogP contribution in [0, 0.1) is 11.6 Å². The lowest BCUT2D eigenvalue weighted by Crippen LogP contribution is -2.28. The summed E-state index contributed by atoms with van der Waals surface area (Å²) in [6.07, 6.45) is 0.462. The van der Waals surface area contributed by atoms with Gasteiger partial charge in [0.15, 0.2) is 5.13 Å². The van der Waals surface area contributed by atoms with Crippen molar-refractivity contribution in [1.82, 2.24) is 9.88 Å². The Balaban J connectivity index is 0.00000192. The van der Waals surface area contributed by atoms with Crippen LogP contribution in [0.25, 0.3) is 0 Å². The molecule has 0 saturated carbocycles. The Hall–Kier alpha value is -2.06. The number of thiazole rings is 1. The zero-order valence-electron chi connectivity index (χ0n) is 11.7. The standard InChI is InChI=1S/C14H11F2N3O2S.ClH/c15-8-1-2-11(10(16)5-8)18-14-17-9(7-22-14)6-19-12(20)3-4-13(19)21;/h1-2,5,7H,3-4,6H2,(H,17,18);1H. The first-order valence-electron chi connectivity index (χ1n) is 6.52. The highest BCUT2D eigenvalue weighted by molar-refractivity contribution is 7.13. The number of amides is 2. The lowest BCUT2D eigenvalue weighted by molar-refractivity contribution is -0.139. The number of carbonyl (C=O) groups is 2. The molecule has 5 nitrogen and oxygen atoms in total. The maximum Gasteiger partial charge on any atom is 0.230 e. The molecular weight excluding hydrogens is 348 g/mol. The van der Waals surface area contributed by atoms with E-state index in [0.29, 0.717) is 10.8 Å². The largest absolute Gasteiger partial charge is 0.329 e. The van der Waals surface area contributed by atoms with Crippen molar-refractivity contribution < 1.29 is 18.4 Å². The van der Waals surface area contributed by atoms with E-state index in [4.69, 9.17) is 0 Å². The van der Waals surface area contributed by atoms with Crippen molar-refractivity contribution in [3.05, 3.63) is 40.9 Å². The van der Waals surface area contributed by atoms with Gasteiger partial charge in [-0.2, -0.15) is 0 Å². The summed E-state index contributed by atoms with van der Waals surface area (Å²) in [7, 11) is 0. The summed E-state index contributed by atoms with van der Waals surface area (Å²) < 4.78 is 26.4. The van der Waals surface area contributed by atoms with Crippen LogP contribution in [0.3, 0.4) is 0 Å². The zero-order valence-corrected chi connectivity index (χ0v) is 13.3. The van der Waals surface area contributed by atoms with E-state index in [-0.39, 0.29) is 49.3 Å². The molecule has 0 unspecified atom stereocenters. The highest BCUT2D eigenvalue weighted by Crippen LogP contribution is 2.25. The third kappa shape index (κ3) is 3.83. The number of benzene rings is 1. The number of nitrogens with zero attached hydrogens (tertiary/aromatic N) is 2. The summed E-state index contributed by atoms with van der Waals surface area (Å²) in [6, 6.07) is 3.19. The molecule has 122 valence electrons. The Kier molecular flexibility index (Phi) is 5.27. The predicted octanol–water partition coefficient (Wildman–Crippen LogP) is 3.24. The maximum atomic E-state index is 13.5. The summed E-state index contributed by atoms with van der Waals surface area (Å²) in [4.78, 5) is 28.5. The highest BCUT2D eigenvalue weighted by Gasteiger charge is 2.29. The van der Waals surface area contributed by atoms with Gasteiger partial charge in [-0.1, -0.05) is 0 Å². The number of carbonyl (C=O) groups excluding carboxylic acids is 2. The van der Waals surface area contributed by atoms with Crippen LogP contribution in [-0.4, -0.2) is 21.7 Å². The van der Waals surface area contributed by atoms with E-state index < -0.39 is 11.6 Å². The molecule has 1 aliphatic rings. The molecule has 1 saturated heterocycles. The van der Waals surface area contributed by atoms with E-state index in [2.05, 4.69) is 10.3 Å². The van der Waals surface area contributed by atoms with Crippen molar-refractivity contribution in [3.8, 4) is 0 Å². The number of hydrogen-bond acceptors (Lipinski definition) is 5. The quantitative estimate of drug-likeness (QED) is 0.851. The van der Waals surface area contributed by atoms with Crippen LogP contribution in [0.2, 0.25) is 0 Å². The van der Waals surface area contributed by atoms with Gasteiger partial charge in [-0.3, -0.25) is 14.5 Å². The lowest BCUT2D eigenvalue weighted by Gasteiger charge is -2.11. The molecule has 2 amide bonds. The van der Waals surface area contributed by atoms with Gasteiger partial charge in [-0.05, 0) is 12.1 Å². The van der Waals surface area contributed by atoms with Gasteiger partial charge >= 0.3 is 0 Å². The first-order chi connectivity index (χ1) is 10.5.